The molecule has 0 radical (unpaired) electrons. The Morgan fingerprint density at radius 1 is 1.11 bits per heavy atom. The second kappa shape index (κ2) is 4.55. The van der Waals surface area contributed by atoms with E-state index in [1.54, 1.807) is 0 Å². The summed E-state index contributed by atoms with van der Waals surface area (Å²) in [7, 11) is 0. The zero-order valence-corrected chi connectivity index (χ0v) is 11.1. The Balaban J connectivity index is 2.25. The minimum atomic E-state index is -0.0312. The lowest BCUT2D eigenvalue weighted by molar-refractivity contribution is 0.276. The monoisotopic (exact) mass is 302 g/mol. The third kappa shape index (κ3) is 1.83. The third-order valence-electron chi connectivity index (χ3n) is 2.90. The lowest BCUT2D eigenvalue weighted by Gasteiger charge is -2.01. The van der Waals surface area contributed by atoms with Gasteiger partial charge in [0.1, 0.15) is 5.65 Å². The maximum absolute atomic E-state index is 9.55. The molecule has 0 aliphatic rings. The van der Waals surface area contributed by atoms with Gasteiger partial charge in [-0.15, -0.1) is 0 Å². The molecule has 0 fully saturated rings. The standard InChI is InChI=1S/C14H11BrN2O/c15-11-6-4-10(5-7-11)14-12(9-18)17-8-2-1-3-13(17)16-14/h1-8,18H,9H2. The van der Waals surface area contributed by atoms with Crippen molar-refractivity contribution < 1.29 is 5.11 Å². The van der Waals surface area contributed by atoms with Gasteiger partial charge < -0.3 is 9.51 Å². The van der Waals surface area contributed by atoms with Gasteiger partial charge in [0.2, 0.25) is 0 Å². The van der Waals surface area contributed by atoms with Gasteiger partial charge in [-0.1, -0.05) is 34.1 Å². The molecular weight excluding hydrogens is 292 g/mol. The van der Waals surface area contributed by atoms with Crippen LogP contribution < -0.4 is 0 Å². The van der Waals surface area contributed by atoms with E-state index in [4.69, 9.17) is 0 Å². The molecule has 4 heteroatoms. The number of hydrogen-bond donors (Lipinski definition) is 1. The SMILES string of the molecule is OCc1c(-c2ccc(Br)cc2)nc2ccccn12. The zero-order chi connectivity index (χ0) is 12.5. The van der Waals surface area contributed by atoms with Crippen LogP contribution >= 0.6 is 15.9 Å². The highest BCUT2D eigenvalue weighted by molar-refractivity contribution is 9.10. The van der Waals surface area contributed by atoms with Gasteiger partial charge in [0.25, 0.3) is 0 Å². The average Bonchev–Trinajstić information content (AvgIpc) is 2.78. The molecule has 0 spiro atoms. The van der Waals surface area contributed by atoms with Crippen LogP contribution in [0.15, 0.2) is 53.1 Å². The normalized spacial score (nSPS) is 11.0. The van der Waals surface area contributed by atoms with E-state index in [9.17, 15) is 5.11 Å². The van der Waals surface area contributed by atoms with E-state index in [-0.39, 0.29) is 6.61 Å². The largest absolute Gasteiger partial charge is 0.390 e. The maximum atomic E-state index is 9.55. The number of fused-ring (bicyclic) bond motifs is 1. The van der Waals surface area contributed by atoms with Gasteiger partial charge in [0, 0.05) is 16.2 Å². The van der Waals surface area contributed by atoms with Crippen LogP contribution in [-0.2, 0) is 6.61 Å². The highest BCUT2D eigenvalue weighted by Crippen LogP contribution is 2.25. The summed E-state index contributed by atoms with van der Waals surface area (Å²) >= 11 is 3.41. The van der Waals surface area contributed by atoms with E-state index in [1.807, 2.05) is 53.1 Å². The average molecular weight is 303 g/mol. The summed E-state index contributed by atoms with van der Waals surface area (Å²) in [4.78, 5) is 4.57. The number of aromatic nitrogens is 2. The second-order valence-corrected chi connectivity index (χ2v) is 4.92. The Labute approximate surface area is 113 Å². The minimum absolute atomic E-state index is 0.0312. The van der Waals surface area contributed by atoms with Crippen molar-refractivity contribution in [1.29, 1.82) is 0 Å². The van der Waals surface area contributed by atoms with Crippen molar-refractivity contribution in [1.82, 2.24) is 9.38 Å². The molecule has 0 saturated heterocycles. The van der Waals surface area contributed by atoms with Gasteiger partial charge in [0.05, 0.1) is 18.0 Å². The van der Waals surface area contributed by atoms with Crippen LogP contribution in [0.1, 0.15) is 5.69 Å². The maximum Gasteiger partial charge on any atom is 0.137 e. The van der Waals surface area contributed by atoms with Gasteiger partial charge >= 0.3 is 0 Å². The number of nitrogens with zero attached hydrogens (tertiary/aromatic N) is 2. The Hall–Kier alpha value is -1.65. The lowest BCUT2D eigenvalue weighted by Crippen LogP contribution is -1.93. The van der Waals surface area contributed by atoms with Gasteiger partial charge in [0.15, 0.2) is 0 Å². The molecule has 0 atom stereocenters. The predicted molar refractivity (Wildman–Crippen MR) is 74.3 cm³/mol. The number of benzene rings is 1. The molecule has 0 unspecified atom stereocenters. The van der Waals surface area contributed by atoms with Crippen molar-refractivity contribution in [3.8, 4) is 11.3 Å². The predicted octanol–water partition coefficient (Wildman–Crippen LogP) is 3.26. The zero-order valence-electron chi connectivity index (χ0n) is 9.55. The first-order chi connectivity index (χ1) is 8.79. The van der Waals surface area contributed by atoms with E-state index in [0.717, 1.165) is 27.1 Å². The van der Waals surface area contributed by atoms with Crippen molar-refractivity contribution in [3.05, 3.63) is 58.8 Å². The lowest BCUT2D eigenvalue weighted by atomic mass is 10.1. The summed E-state index contributed by atoms with van der Waals surface area (Å²) < 4.78 is 2.94. The van der Waals surface area contributed by atoms with Crippen molar-refractivity contribution in [2.24, 2.45) is 0 Å². The number of imidazole rings is 1. The van der Waals surface area contributed by atoms with Crippen LogP contribution in [0, 0.1) is 0 Å². The summed E-state index contributed by atoms with van der Waals surface area (Å²) in [6, 6.07) is 13.7. The van der Waals surface area contributed by atoms with Gasteiger partial charge in [-0.05, 0) is 24.3 Å². The van der Waals surface area contributed by atoms with E-state index >= 15 is 0 Å². The van der Waals surface area contributed by atoms with Crippen molar-refractivity contribution in [2.75, 3.05) is 0 Å². The number of aliphatic hydroxyl groups is 1. The smallest absolute Gasteiger partial charge is 0.137 e. The van der Waals surface area contributed by atoms with Crippen LogP contribution in [-0.4, -0.2) is 14.5 Å². The number of halogens is 1. The Morgan fingerprint density at radius 3 is 2.61 bits per heavy atom. The molecule has 3 aromatic rings. The topological polar surface area (TPSA) is 37.5 Å². The molecule has 18 heavy (non-hydrogen) atoms. The summed E-state index contributed by atoms with van der Waals surface area (Å²) in [6.45, 7) is -0.0312. The highest BCUT2D eigenvalue weighted by Gasteiger charge is 2.12. The molecule has 2 heterocycles. The fraction of sp³-hybridized carbons (Fsp3) is 0.0714. The van der Waals surface area contributed by atoms with E-state index in [1.165, 1.54) is 0 Å². The third-order valence-corrected chi connectivity index (χ3v) is 3.42. The second-order valence-electron chi connectivity index (χ2n) is 4.00. The first-order valence-corrected chi connectivity index (χ1v) is 6.41. The van der Waals surface area contributed by atoms with Crippen molar-refractivity contribution >= 4 is 21.6 Å². The highest BCUT2D eigenvalue weighted by atomic mass is 79.9. The molecule has 3 rings (SSSR count). The van der Waals surface area contributed by atoms with Crippen LogP contribution in [0.25, 0.3) is 16.9 Å². The summed E-state index contributed by atoms with van der Waals surface area (Å²) in [5, 5.41) is 9.55. The van der Waals surface area contributed by atoms with E-state index in [0.29, 0.717) is 0 Å². The van der Waals surface area contributed by atoms with E-state index < -0.39 is 0 Å². The molecular formula is C14H11BrN2O. The Morgan fingerprint density at radius 2 is 1.89 bits per heavy atom. The number of rotatable bonds is 2. The molecule has 3 nitrogen and oxygen atoms in total. The molecule has 0 amide bonds. The van der Waals surface area contributed by atoms with Crippen LogP contribution in [0.3, 0.4) is 0 Å². The van der Waals surface area contributed by atoms with Crippen LogP contribution in [0.5, 0.6) is 0 Å². The molecule has 1 aromatic carbocycles. The molecule has 0 bridgehead atoms. The number of aliphatic hydroxyl groups excluding tert-OH is 1. The van der Waals surface area contributed by atoms with Crippen LogP contribution in [0.4, 0.5) is 0 Å². The summed E-state index contributed by atoms with van der Waals surface area (Å²) in [5.74, 6) is 0. The molecule has 0 saturated carbocycles. The van der Waals surface area contributed by atoms with Gasteiger partial charge in [-0.2, -0.15) is 0 Å². The number of pyridine rings is 1. The molecule has 1 N–H and O–H groups in total. The van der Waals surface area contributed by atoms with Crippen molar-refractivity contribution in [3.63, 3.8) is 0 Å². The van der Waals surface area contributed by atoms with E-state index in [2.05, 4.69) is 20.9 Å². The molecule has 2 aromatic heterocycles. The number of hydrogen-bond acceptors (Lipinski definition) is 2. The Kier molecular flexibility index (Phi) is 2.89. The van der Waals surface area contributed by atoms with Crippen molar-refractivity contribution in [2.45, 2.75) is 6.61 Å². The summed E-state index contributed by atoms with van der Waals surface area (Å²) in [5.41, 5.74) is 3.49. The molecule has 0 aliphatic carbocycles. The quantitative estimate of drug-likeness (QED) is 0.789. The molecule has 0 aliphatic heterocycles. The van der Waals surface area contributed by atoms with Crippen LogP contribution in [0.2, 0.25) is 0 Å². The minimum Gasteiger partial charge on any atom is -0.390 e. The van der Waals surface area contributed by atoms with Gasteiger partial charge in [-0.25, -0.2) is 4.98 Å². The first kappa shape index (κ1) is 11.4. The molecule has 90 valence electrons. The van der Waals surface area contributed by atoms with Gasteiger partial charge in [-0.3, -0.25) is 0 Å². The fourth-order valence-corrected chi connectivity index (χ4v) is 2.30. The Bertz CT molecular complexity index is 689. The summed E-state index contributed by atoms with van der Waals surface area (Å²) in [6.07, 6.45) is 1.91. The fourth-order valence-electron chi connectivity index (χ4n) is 2.04. The first-order valence-electron chi connectivity index (χ1n) is 5.62.